The van der Waals surface area contributed by atoms with Crippen LogP contribution < -0.4 is 5.06 Å². The number of fused-ring (bicyclic) bond motifs is 1. The maximum Gasteiger partial charge on any atom is 0.255 e. The van der Waals surface area contributed by atoms with Crippen LogP contribution in [0.3, 0.4) is 0 Å². The van der Waals surface area contributed by atoms with Crippen LogP contribution in [-0.4, -0.2) is 20.6 Å². The summed E-state index contributed by atoms with van der Waals surface area (Å²) in [5.41, 5.74) is 1.97. The maximum absolute atomic E-state index is 11.8. The lowest BCUT2D eigenvalue weighted by atomic mass is 10.2. The Morgan fingerprint density at radius 3 is 2.71 bits per heavy atom. The van der Waals surface area contributed by atoms with Gasteiger partial charge < -0.3 is 0 Å². The Balaban J connectivity index is 2.00. The van der Waals surface area contributed by atoms with E-state index in [9.17, 15) is 4.79 Å². The lowest BCUT2D eigenvalue weighted by molar-refractivity contribution is -0.124. The zero-order chi connectivity index (χ0) is 12.5. The van der Waals surface area contributed by atoms with Gasteiger partial charge in [-0.1, -0.05) is 37.8 Å². The largest absolute Gasteiger partial charge is 0.272 e. The molecule has 3 nitrogen and oxygen atoms in total. The lowest BCUT2D eigenvalue weighted by Gasteiger charge is -2.20. The summed E-state index contributed by atoms with van der Waals surface area (Å²) in [5, 5.41) is 1.47. The van der Waals surface area contributed by atoms with Gasteiger partial charge in [0.15, 0.2) is 0 Å². The van der Waals surface area contributed by atoms with Crippen molar-refractivity contribution in [3.05, 3.63) is 29.8 Å². The molecule has 2 rings (SSSR count). The maximum atomic E-state index is 11.8. The minimum atomic E-state index is -1.11. The molecule has 0 unspecified atom stereocenters. The van der Waals surface area contributed by atoms with E-state index in [1.165, 1.54) is 5.06 Å². The van der Waals surface area contributed by atoms with Crippen molar-refractivity contribution in [2.75, 3.05) is 11.7 Å². The van der Waals surface area contributed by atoms with Crippen molar-refractivity contribution < 1.29 is 9.63 Å². The molecule has 1 aliphatic rings. The summed E-state index contributed by atoms with van der Waals surface area (Å²) < 4.78 is 0. The van der Waals surface area contributed by atoms with Crippen LogP contribution in [0.4, 0.5) is 5.69 Å². The predicted molar refractivity (Wildman–Crippen MR) is 71.7 cm³/mol. The SMILES string of the molecule is C[Si](C)(C)CCON1C(=O)Cc2ccccc21. The van der Waals surface area contributed by atoms with Crippen molar-refractivity contribution in [2.24, 2.45) is 0 Å². The highest BCUT2D eigenvalue weighted by Crippen LogP contribution is 2.28. The van der Waals surface area contributed by atoms with Crippen LogP contribution >= 0.6 is 0 Å². The highest BCUT2D eigenvalue weighted by Gasteiger charge is 2.28. The molecule has 0 fully saturated rings. The molecule has 0 aromatic heterocycles. The highest BCUT2D eigenvalue weighted by molar-refractivity contribution is 6.76. The topological polar surface area (TPSA) is 29.5 Å². The number of rotatable bonds is 4. The molecule has 1 heterocycles. The van der Waals surface area contributed by atoms with E-state index in [0.717, 1.165) is 17.3 Å². The average Bonchev–Trinajstić information content (AvgIpc) is 2.54. The summed E-state index contributed by atoms with van der Waals surface area (Å²) in [5.74, 6) is 0.0433. The molecule has 17 heavy (non-hydrogen) atoms. The third-order valence-electron chi connectivity index (χ3n) is 2.85. The van der Waals surface area contributed by atoms with Gasteiger partial charge in [-0.15, -0.1) is 0 Å². The van der Waals surface area contributed by atoms with Gasteiger partial charge in [0, 0.05) is 8.07 Å². The fraction of sp³-hybridized carbons (Fsp3) is 0.462. The summed E-state index contributed by atoms with van der Waals surface area (Å²) in [6.07, 6.45) is 0.461. The van der Waals surface area contributed by atoms with Crippen molar-refractivity contribution in [2.45, 2.75) is 32.1 Å². The van der Waals surface area contributed by atoms with E-state index >= 15 is 0 Å². The van der Waals surface area contributed by atoms with Crippen LogP contribution in [0.15, 0.2) is 24.3 Å². The van der Waals surface area contributed by atoms with Gasteiger partial charge in [0.2, 0.25) is 0 Å². The van der Waals surface area contributed by atoms with Crippen molar-refractivity contribution in [3.63, 3.8) is 0 Å². The molecular weight excluding hydrogens is 230 g/mol. The number of carbonyl (C=O) groups is 1. The fourth-order valence-electron chi connectivity index (χ4n) is 1.81. The van der Waals surface area contributed by atoms with Gasteiger partial charge in [-0.25, -0.2) is 0 Å². The number of para-hydroxylation sites is 1. The summed E-state index contributed by atoms with van der Waals surface area (Å²) in [6.45, 7) is 7.54. The van der Waals surface area contributed by atoms with E-state index in [-0.39, 0.29) is 5.91 Å². The molecule has 92 valence electrons. The monoisotopic (exact) mass is 249 g/mol. The Bertz CT molecular complexity index is 426. The second kappa shape index (κ2) is 4.62. The Labute approximate surface area is 103 Å². The van der Waals surface area contributed by atoms with Gasteiger partial charge in [-0.2, -0.15) is 5.06 Å². The first-order chi connectivity index (χ1) is 7.97. The number of hydroxylamine groups is 1. The number of benzene rings is 1. The van der Waals surface area contributed by atoms with E-state index in [2.05, 4.69) is 19.6 Å². The molecule has 0 saturated carbocycles. The molecule has 0 radical (unpaired) electrons. The number of anilines is 1. The average molecular weight is 249 g/mol. The molecule has 0 spiro atoms. The third kappa shape index (κ3) is 2.95. The summed E-state index contributed by atoms with van der Waals surface area (Å²) in [6, 6.07) is 8.88. The molecule has 0 saturated heterocycles. The Hall–Kier alpha value is -1.13. The third-order valence-corrected chi connectivity index (χ3v) is 4.56. The van der Waals surface area contributed by atoms with Crippen molar-refractivity contribution in [1.29, 1.82) is 0 Å². The number of nitrogens with zero attached hydrogens (tertiary/aromatic N) is 1. The van der Waals surface area contributed by atoms with Gasteiger partial charge in [0.1, 0.15) is 0 Å². The van der Waals surface area contributed by atoms with Gasteiger partial charge >= 0.3 is 0 Å². The quantitative estimate of drug-likeness (QED) is 0.768. The van der Waals surface area contributed by atoms with E-state index in [4.69, 9.17) is 4.84 Å². The van der Waals surface area contributed by atoms with E-state index < -0.39 is 8.07 Å². The van der Waals surface area contributed by atoms with E-state index in [1.807, 2.05) is 24.3 Å². The molecule has 0 N–H and O–H groups in total. The number of hydrogen-bond donors (Lipinski definition) is 0. The van der Waals surface area contributed by atoms with Crippen LogP contribution in [0, 0.1) is 0 Å². The van der Waals surface area contributed by atoms with Crippen molar-refractivity contribution in [3.8, 4) is 0 Å². The molecule has 0 atom stereocenters. The van der Waals surface area contributed by atoms with Gasteiger partial charge in [-0.05, 0) is 17.7 Å². The molecule has 1 aromatic carbocycles. The van der Waals surface area contributed by atoms with E-state index in [0.29, 0.717) is 13.0 Å². The fourth-order valence-corrected chi connectivity index (χ4v) is 2.52. The first-order valence-electron chi connectivity index (χ1n) is 6.01. The Kier molecular flexibility index (Phi) is 3.35. The number of amides is 1. The minimum absolute atomic E-state index is 0.0433. The van der Waals surface area contributed by atoms with Gasteiger partial charge in [0.05, 0.1) is 18.7 Å². The predicted octanol–water partition coefficient (Wildman–Crippen LogP) is 2.85. The summed E-state index contributed by atoms with van der Waals surface area (Å²) in [7, 11) is -1.11. The van der Waals surface area contributed by atoms with Gasteiger partial charge in [0.25, 0.3) is 5.91 Å². The summed E-state index contributed by atoms with van der Waals surface area (Å²) >= 11 is 0. The zero-order valence-electron chi connectivity index (χ0n) is 10.7. The minimum Gasteiger partial charge on any atom is -0.272 e. The van der Waals surface area contributed by atoms with Crippen molar-refractivity contribution in [1.82, 2.24) is 0 Å². The standard InChI is InChI=1S/C13H19NO2Si/c1-17(2,3)9-8-16-14-12-7-5-4-6-11(12)10-13(14)15/h4-7H,8-10H2,1-3H3. The van der Waals surface area contributed by atoms with Crippen molar-refractivity contribution >= 4 is 19.7 Å². The first-order valence-corrected chi connectivity index (χ1v) is 9.72. The first kappa shape index (κ1) is 12.3. The molecule has 0 bridgehead atoms. The second-order valence-electron chi connectivity index (χ2n) is 5.64. The second-order valence-corrected chi connectivity index (χ2v) is 11.3. The number of hydrogen-bond acceptors (Lipinski definition) is 2. The molecular formula is C13H19NO2Si. The van der Waals surface area contributed by atoms with Crippen LogP contribution in [0.1, 0.15) is 5.56 Å². The van der Waals surface area contributed by atoms with E-state index in [1.54, 1.807) is 0 Å². The molecule has 1 aliphatic heterocycles. The smallest absolute Gasteiger partial charge is 0.255 e. The molecule has 1 aromatic rings. The highest BCUT2D eigenvalue weighted by atomic mass is 28.3. The zero-order valence-corrected chi connectivity index (χ0v) is 11.7. The normalized spacial score (nSPS) is 15.2. The van der Waals surface area contributed by atoms with Crippen LogP contribution in [0.2, 0.25) is 25.7 Å². The van der Waals surface area contributed by atoms with Gasteiger partial charge in [-0.3, -0.25) is 9.63 Å². The molecule has 4 heteroatoms. The Morgan fingerprint density at radius 1 is 1.29 bits per heavy atom. The van der Waals surface area contributed by atoms with Crippen LogP contribution in [-0.2, 0) is 16.1 Å². The lowest BCUT2D eigenvalue weighted by Crippen LogP contribution is -2.30. The van der Waals surface area contributed by atoms with Crippen LogP contribution in [0.25, 0.3) is 0 Å². The number of carbonyl (C=O) groups excluding carboxylic acids is 1. The van der Waals surface area contributed by atoms with Crippen LogP contribution in [0.5, 0.6) is 0 Å². The molecule has 1 amide bonds. The Morgan fingerprint density at radius 2 is 2.00 bits per heavy atom. The summed E-state index contributed by atoms with van der Waals surface area (Å²) in [4.78, 5) is 17.4. The molecule has 0 aliphatic carbocycles.